The number of hydrogen-bond acceptors (Lipinski definition) is 6. The van der Waals surface area contributed by atoms with E-state index in [0.29, 0.717) is 25.1 Å². The molecule has 188 valence electrons. The lowest BCUT2D eigenvalue weighted by molar-refractivity contribution is -0.149. The molecule has 2 aromatic carbocycles. The van der Waals surface area contributed by atoms with Gasteiger partial charge in [0.1, 0.15) is 11.5 Å². The van der Waals surface area contributed by atoms with Crippen molar-refractivity contribution in [3.63, 3.8) is 0 Å². The first-order valence-electron chi connectivity index (χ1n) is 10.1. The van der Waals surface area contributed by atoms with Gasteiger partial charge in [-0.2, -0.15) is 13.2 Å². The second-order valence-electron chi connectivity index (χ2n) is 7.52. The van der Waals surface area contributed by atoms with Gasteiger partial charge < -0.3 is 9.47 Å². The van der Waals surface area contributed by atoms with Crippen molar-refractivity contribution in [3.05, 3.63) is 54.1 Å². The van der Waals surface area contributed by atoms with E-state index < -0.39 is 27.5 Å². The molecule has 0 aliphatic carbocycles. The Kier molecular flexibility index (Phi) is 9.35. The van der Waals surface area contributed by atoms with Gasteiger partial charge in [-0.25, -0.2) is 8.42 Å². The van der Waals surface area contributed by atoms with Gasteiger partial charge in [-0.15, -0.1) is 11.6 Å². The van der Waals surface area contributed by atoms with Gasteiger partial charge in [0.05, 0.1) is 24.1 Å². The minimum absolute atomic E-state index is 0.181. The number of hydrogen-bond donors (Lipinski definition) is 0. The number of sulfonamides is 1. The Morgan fingerprint density at radius 1 is 1.03 bits per heavy atom. The van der Waals surface area contributed by atoms with E-state index in [0.717, 1.165) is 22.7 Å². The summed E-state index contributed by atoms with van der Waals surface area (Å²) in [7, 11) is -0.878. The Bertz CT molecular complexity index is 1050. The highest BCUT2D eigenvalue weighted by Crippen LogP contribution is 2.32. The Balaban J connectivity index is 2.27. The van der Waals surface area contributed by atoms with Crippen LogP contribution in [0.15, 0.2) is 48.5 Å². The molecule has 0 aliphatic rings. The van der Waals surface area contributed by atoms with Gasteiger partial charge >= 0.3 is 6.18 Å². The second kappa shape index (κ2) is 11.4. The summed E-state index contributed by atoms with van der Waals surface area (Å²) in [5.74, 6) is 0.824. The van der Waals surface area contributed by atoms with Crippen molar-refractivity contribution < 1.29 is 35.9 Å². The molecule has 0 aliphatic heterocycles. The van der Waals surface area contributed by atoms with Crippen molar-refractivity contribution in [1.29, 1.82) is 0 Å². The van der Waals surface area contributed by atoms with Crippen molar-refractivity contribution in [3.8, 4) is 11.5 Å². The van der Waals surface area contributed by atoms with Crippen LogP contribution in [0.5, 0.6) is 11.5 Å². The third-order valence-corrected chi connectivity index (χ3v) is 6.53. The maximum absolute atomic E-state index is 12.7. The quantitative estimate of drug-likeness (QED) is 0.234. The smallest absolute Gasteiger partial charge is 0.416 e. The molecule has 0 saturated heterocycles. The summed E-state index contributed by atoms with van der Waals surface area (Å²) in [4.78, 5) is 13.6. The van der Waals surface area contributed by atoms with E-state index in [-0.39, 0.29) is 23.7 Å². The van der Waals surface area contributed by atoms with Crippen molar-refractivity contribution in [1.82, 2.24) is 4.90 Å². The third-order valence-electron chi connectivity index (χ3n) is 5.12. The van der Waals surface area contributed by atoms with E-state index in [2.05, 4.69) is 0 Å². The Morgan fingerprint density at radius 3 is 1.97 bits per heavy atom. The van der Waals surface area contributed by atoms with E-state index in [1.165, 1.54) is 43.5 Å². The molecule has 1 atom stereocenters. The lowest BCUT2D eigenvalue weighted by atomic mass is 10.2. The highest BCUT2D eigenvalue weighted by Gasteiger charge is 2.39. The molecule has 34 heavy (non-hydrogen) atoms. The second-order valence-corrected chi connectivity index (χ2v) is 9.80. The van der Waals surface area contributed by atoms with Gasteiger partial charge in [-0.1, -0.05) is 0 Å². The van der Waals surface area contributed by atoms with Crippen LogP contribution in [0, 0.1) is 0 Å². The third kappa shape index (κ3) is 7.08. The minimum Gasteiger partial charge on any atom is -0.457 e. The molecule has 7 nitrogen and oxygen atoms in total. The van der Waals surface area contributed by atoms with Gasteiger partial charge in [0, 0.05) is 19.5 Å². The maximum Gasteiger partial charge on any atom is 0.416 e. The zero-order valence-corrected chi connectivity index (χ0v) is 20.5. The van der Waals surface area contributed by atoms with Crippen LogP contribution in [0.4, 0.5) is 18.9 Å². The van der Waals surface area contributed by atoms with Crippen molar-refractivity contribution >= 4 is 33.6 Å². The number of methoxy groups -OCH3 is 1. The van der Waals surface area contributed by atoms with Crippen molar-refractivity contribution in [2.45, 2.75) is 18.3 Å². The first kappa shape index (κ1) is 27.9. The summed E-state index contributed by atoms with van der Waals surface area (Å²) in [6.45, 7) is 0.0807. The summed E-state index contributed by atoms with van der Waals surface area (Å²) in [5, 5.41) is 0. The van der Waals surface area contributed by atoms with Crippen LogP contribution in [0.25, 0.3) is 0 Å². The zero-order chi connectivity index (χ0) is 25.6. The zero-order valence-electron chi connectivity index (χ0n) is 18.9. The number of halogens is 4. The predicted octanol–water partition coefficient (Wildman–Crippen LogP) is 4.37. The van der Waals surface area contributed by atoms with E-state index >= 15 is 0 Å². The topological polar surface area (TPSA) is 76.1 Å². The molecule has 0 heterocycles. The van der Waals surface area contributed by atoms with Gasteiger partial charge in [-0.05, 0) is 62.0 Å². The number of likely N-dealkylation sites (N-methyl/N-ethyl adjacent to an activating group) is 1. The molecule has 0 fully saturated rings. The molecule has 0 N–H and O–H groups in total. The number of ether oxygens (including phenoxy) is 2. The van der Waals surface area contributed by atoms with Crippen LogP contribution in [-0.4, -0.2) is 64.7 Å². The molecule has 2 aromatic rings. The van der Waals surface area contributed by atoms with E-state index in [9.17, 15) is 26.4 Å². The molecular formula is C22H26ClF3N2O5S. The van der Waals surface area contributed by atoms with Gasteiger partial charge in [0.25, 0.3) is 0 Å². The van der Waals surface area contributed by atoms with E-state index in [1.807, 2.05) is 0 Å². The molecule has 0 aromatic heterocycles. The van der Waals surface area contributed by atoms with Gasteiger partial charge in [0.2, 0.25) is 10.0 Å². The maximum atomic E-state index is 12.7. The number of alkyl halides is 4. The number of nitrogens with zero attached hydrogens (tertiary/aromatic N) is 2. The fourth-order valence-corrected chi connectivity index (χ4v) is 4.18. The summed E-state index contributed by atoms with van der Waals surface area (Å²) in [6, 6.07) is 10.0. The van der Waals surface area contributed by atoms with Crippen LogP contribution >= 0.6 is 11.6 Å². The summed E-state index contributed by atoms with van der Waals surface area (Å²) < 4.78 is 75.3. The number of rotatable bonds is 12. The predicted molar refractivity (Wildman–Crippen MR) is 124 cm³/mol. The Morgan fingerprint density at radius 2 is 1.56 bits per heavy atom. The van der Waals surface area contributed by atoms with E-state index in [4.69, 9.17) is 21.1 Å². The standard InChI is InChI=1S/C22H26ClF3N2O5S/c1-27(14-4-13-23)21(16-29,32-2)15-28(34(3,30)31)18-7-11-20(12-8-18)33-19-9-5-17(6-10-19)22(24,25)26/h5-12,16H,4,13-15H2,1-3H3. The van der Waals surface area contributed by atoms with Crippen LogP contribution < -0.4 is 9.04 Å². The molecule has 0 radical (unpaired) electrons. The molecule has 2 rings (SSSR count). The first-order chi connectivity index (χ1) is 15.9. The number of carbonyl (C=O) groups excluding carboxylic acids is 1. The minimum atomic E-state index is -4.45. The highest BCUT2D eigenvalue weighted by molar-refractivity contribution is 7.92. The average molecular weight is 523 g/mol. The molecule has 0 spiro atoms. The number of aldehydes is 1. The lowest BCUT2D eigenvalue weighted by Gasteiger charge is -2.39. The Hall–Kier alpha value is -2.34. The summed E-state index contributed by atoms with van der Waals surface area (Å²) in [6.07, 6.45) is -2.34. The van der Waals surface area contributed by atoms with Crippen LogP contribution in [0.3, 0.4) is 0 Å². The molecule has 0 amide bonds. The molecule has 0 bridgehead atoms. The molecular weight excluding hydrogens is 497 g/mol. The van der Waals surface area contributed by atoms with Crippen LogP contribution in [-0.2, 0) is 25.7 Å². The van der Waals surface area contributed by atoms with Crippen molar-refractivity contribution in [2.24, 2.45) is 0 Å². The van der Waals surface area contributed by atoms with Crippen LogP contribution in [0.1, 0.15) is 12.0 Å². The molecule has 1 unspecified atom stereocenters. The van der Waals surface area contributed by atoms with E-state index in [1.54, 1.807) is 11.9 Å². The normalized spacial score (nSPS) is 14.0. The highest BCUT2D eigenvalue weighted by atomic mass is 35.5. The first-order valence-corrected chi connectivity index (χ1v) is 12.5. The lowest BCUT2D eigenvalue weighted by Crippen LogP contribution is -2.58. The number of anilines is 1. The number of benzene rings is 2. The fraction of sp³-hybridized carbons (Fsp3) is 0.409. The largest absolute Gasteiger partial charge is 0.457 e. The SMILES string of the molecule is COC(C=O)(CN(c1ccc(Oc2ccc(C(F)(F)F)cc2)cc1)S(C)(=O)=O)N(C)CCCCl. The summed E-state index contributed by atoms with van der Waals surface area (Å²) >= 11 is 5.73. The monoisotopic (exact) mass is 522 g/mol. The van der Waals surface area contributed by atoms with Gasteiger partial charge in [0.15, 0.2) is 12.0 Å². The molecule has 12 heteroatoms. The summed E-state index contributed by atoms with van der Waals surface area (Å²) in [5.41, 5.74) is -2.10. The fourth-order valence-electron chi connectivity index (χ4n) is 3.14. The van der Waals surface area contributed by atoms with Crippen molar-refractivity contribution in [2.75, 3.05) is 43.7 Å². The average Bonchev–Trinajstić information content (AvgIpc) is 2.78. The van der Waals surface area contributed by atoms with Crippen LogP contribution in [0.2, 0.25) is 0 Å². The Labute approximate surface area is 202 Å². The molecule has 0 saturated carbocycles. The van der Waals surface area contributed by atoms with Gasteiger partial charge in [-0.3, -0.25) is 14.0 Å². The number of carbonyl (C=O) groups is 1.